The predicted molar refractivity (Wildman–Crippen MR) is 90.7 cm³/mol. The number of nitrogens with one attached hydrogen (secondary N) is 1. The summed E-state index contributed by atoms with van der Waals surface area (Å²) >= 11 is 0. The maximum absolute atomic E-state index is 11.8. The van der Waals surface area contributed by atoms with Crippen LogP contribution in [0.2, 0.25) is 0 Å². The van der Waals surface area contributed by atoms with E-state index in [1.807, 2.05) is 48.5 Å². The normalized spacial score (nSPS) is 10.4. The molecule has 1 N–H and O–H groups in total. The van der Waals surface area contributed by atoms with E-state index in [-0.39, 0.29) is 5.56 Å². The molecule has 1 amide bonds. The number of nitrogens with zero attached hydrogens (tertiary/aromatic N) is 1. The van der Waals surface area contributed by atoms with Crippen LogP contribution in [-0.4, -0.2) is 17.3 Å². The molecule has 134 valence electrons. The van der Waals surface area contributed by atoms with Crippen LogP contribution in [0, 0.1) is 0 Å². The summed E-state index contributed by atoms with van der Waals surface area (Å²) in [7, 11) is 0. The lowest BCUT2D eigenvalue weighted by atomic mass is 10.0. The van der Waals surface area contributed by atoms with E-state index in [4.69, 9.17) is 0 Å². The van der Waals surface area contributed by atoms with Gasteiger partial charge in [-0.3, -0.25) is 9.78 Å². The van der Waals surface area contributed by atoms with Crippen molar-refractivity contribution in [3.05, 3.63) is 90.8 Å². The van der Waals surface area contributed by atoms with Gasteiger partial charge in [-0.05, 0) is 35.4 Å². The molecule has 0 aliphatic carbocycles. The predicted octanol–water partition coefficient (Wildman–Crippen LogP) is 4.62. The van der Waals surface area contributed by atoms with E-state index in [0.29, 0.717) is 0 Å². The van der Waals surface area contributed by atoms with Gasteiger partial charge < -0.3 is 0 Å². The molecule has 1 aromatic heterocycles. The number of aromatic nitrogens is 1. The number of benzene rings is 2. The average molecular weight is 360 g/mol. The van der Waals surface area contributed by atoms with Gasteiger partial charge in [0, 0.05) is 18.0 Å². The van der Waals surface area contributed by atoms with Crippen LogP contribution in [0.3, 0.4) is 0 Å². The molecular formula is C19H15F3N2O2. The summed E-state index contributed by atoms with van der Waals surface area (Å²) in [6.45, 7) is 0. The fourth-order valence-corrected chi connectivity index (χ4v) is 1.95. The third kappa shape index (κ3) is 6.74. The van der Waals surface area contributed by atoms with Crippen LogP contribution in [0.25, 0.3) is 11.1 Å². The highest BCUT2D eigenvalue weighted by atomic mass is 19.4. The highest BCUT2D eigenvalue weighted by molar-refractivity contribution is 5.94. The second kappa shape index (κ2) is 9.33. The van der Waals surface area contributed by atoms with Crippen LogP contribution in [0.5, 0.6) is 0 Å². The molecule has 0 aliphatic rings. The summed E-state index contributed by atoms with van der Waals surface area (Å²) < 4.78 is 35.5. The van der Waals surface area contributed by atoms with Gasteiger partial charge in [0.05, 0.1) is 0 Å². The lowest BCUT2D eigenvalue weighted by molar-refractivity contribution is -0.343. The first-order valence-corrected chi connectivity index (χ1v) is 7.51. The monoisotopic (exact) mass is 360 g/mol. The highest BCUT2D eigenvalue weighted by Gasteiger charge is 2.31. The van der Waals surface area contributed by atoms with Crippen LogP contribution in [0.15, 0.2) is 85.2 Å². The van der Waals surface area contributed by atoms with Crippen molar-refractivity contribution < 1.29 is 22.8 Å². The molecule has 0 fully saturated rings. The van der Waals surface area contributed by atoms with Gasteiger partial charge in [0.15, 0.2) is 0 Å². The third-order valence-corrected chi connectivity index (χ3v) is 3.06. The van der Waals surface area contributed by atoms with Gasteiger partial charge in [-0.25, -0.2) is 5.48 Å². The minimum Gasteiger partial charge on any atom is -0.267 e. The van der Waals surface area contributed by atoms with Crippen LogP contribution in [-0.2, 0) is 4.84 Å². The Labute approximate surface area is 148 Å². The number of carbonyl (C=O) groups is 1. The Morgan fingerprint density at radius 2 is 1.46 bits per heavy atom. The van der Waals surface area contributed by atoms with E-state index >= 15 is 0 Å². The number of rotatable bonds is 3. The number of amides is 1. The van der Waals surface area contributed by atoms with Crippen molar-refractivity contribution in [1.82, 2.24) is 10.5 Å². The number of pyridine rings is 1. The third-order valence-electron chi connectivity index (χ3n) is 3.06. The zero-order valence-corrected chi connectivity index (χ0v) is 13.5. The molecule has 0 bridgehead atoms. The van der Waals surface area contributed by atoms with Crippen LogP contribution < -0.4 is 5.48 Å². The molecule has 0 aliphatic heterocycles. The molecule has 0 unspecified atom stereocenters. The van der Waals surface area contributed by atoms with E-state index in [0.717, 1.165) is 11.1 Å². The van der Waals surface area contributed by atoms with Crippen LogP contribution >= 0.6 is 0 Å². The molecule has 3 aromatic rings. The maximum Gasteiger partial charge on any atom is 0.543 e. The molecule has 7 heteroatoms. The summed E-state index contributed by atoms with van der Waals surface area (Å²) in [5, 5.41) is 0. The number of alkyl halides is 3. The second-order valence-corrected chi connectivity index (χ2v) is 4.95. The first-order valence-electron chi connectivity index (χ1n) is 7.51. The molecule has 0 saturated carbocycles. The summed E-state index contributed by atoms with van der Waals surface area (Å²) in [6, 6.07) is 21.1. The maximum atomic E-state index is 11.8. The van der Waals surface area contributed by atoms with E-state index in [1.165, 1.54) is 17.6 Å². The molecule has 0 radical (unpaired) electrons. The smallest absolute Gasteiger partial charge is 0.267 e. The van der Waals surface area contributed by atoms with Crippen molar-refractivity contribution in [3.8, 4) is 11.1 Å². The van der Waals surface area contributed by atoms with Crippen molar-refractivity contribution in [2.24, 2.45) is 0 Å². The highest BCUT2D eigenvalue weighted by Crippen LogP contribution is 2.20. The molecule has 0 spiro atoms. The van der Waals surface area contributed by atoms with Gasteiger partial charge in [-0.2, -0.15) is 4.84 Å². The summed E-state index contributed by atoms with van der Waals surface area (Å²) in [5.74, 6) is -0.958. The largest absolute Gasteiger partial charge is 0.543 e. The summed E-state index contributed by atoms with van der Waals surface area (Å²) in [4.78, 5) is 18.6. The van der Waals surface area contributed by atoms with E-state index in [2.05, 4.69) is 9.82 Å². The molecule has 0 saturated heterocycles. The van der Waals surface area contributed by atoms with Crippen LogP contribution in [0.1, 0.15) is 10.4 Å². The Kier molecular flexibility index (Phi) is 6.87. The van der Waals surface area contributed by atoms with Crippen molar-refractivity contribution in [2.75, 3.05) is 0 Å². The summed E-state index contributed by atoms with van der Waals surface area (Å²) in [6.07, 6.45) is -1.41. The lowest BCUT2D eigenvalue weighted by Gasteiger charge is -2.09. The fourth-order valence-electron chi connectivity index (χ4n) is 1.95. The molecule has 4 nitrogen and oxygen atoms in total. The molecule has 26 heavy (non-hydrogen) atoms. The van der Waals surface area contributed by atoms with Gasteiger partial charge in [0.25, 0.3) is 5.91 Å². The van der Waals surface area contributed by atoms with E-state index in [9.17, 15) is 18.0 Å². The van der Waals surface area contributed by atoms with Gasteiger partial charge >= 0.3 is 6.36 Å². The van der Waals surface area contributed by atoms with Crippen molar-refractivity contribution in [1.29, 1.82) is 0 Å². The molecule has 0 atom stereocenters. The Hall–Kier alpha value is -3.19. The Morgan fingerprint density at radius 3 is 2.00 bits per heavy atom. The number of halogens is 3. The minimum atomic E-state index is -4.91. The minimum absolute atomic E-state index is 0.0793. The topological polar surface area (TPSA) is 51.2 Å². The average Bonchev–Trinajstić information content (AvgIpc) is 2.68. The molecule has 2 aromatic carbocycles. The molecular weight excluding hydrogens is 345 g/mol. The Morgan fingerprint density at radius 1 is 0.846 bits per heavy atom. The zero-order valence-electron chi connectivity index (χ0n) is 13.5. The molecule has 1 heterocycles. The van der Waals surface area contributed by atoms with Gasteiger partial charge in [0.1, 0.15) is 0 Å². The lowest BCUT2D eigenvalue weighted by Crippen LogP contribution is -2.31. The molecule has 3 rings (SSSR count). The quantitative estimate of drug-likeness (QED) is 0.694. The van der Waals surface area contributed by atoms with Crippen molar-refractivity contribution >= 4 is 5.91 Å². The Balaban J connectivity index is 0.000000342. The number of hydroxylamine groups is 1. The first kappa shape index (κ1) is 19.1. The number of carbonyl (C=O) groups excluding carboxylic acids is 1. The Bertz CT molecular complexity index is 783. The fraction of sp³-hybridized carbons (Fsp3) is 0.0526. The van der Waals surface area contributed by atoms with Gasteiger partial charge in [-0.15, -0.1) is 13.2 Å². The van der Waals surface area contributed by atoms with Crippen molar-refractivity contribution in [3.63, 3.8) is 0 Å². The van der Waals surface area contributed by atoms with Gasteiger partial charge in [-0.1, -0.05) is 48.5 Å². The first-order chi connectivity index (χ1) is 12.5. The standard InChI is InChI=1S/C14H10F3NO2.C5H5N/c15-14(16,17)20-18-13(19)12-8-4-7-11(9-12)10-5-2-1-3-6-10;1-2-4-6-5-3-1/h1-9H,(H,18,19);1-5H. The number of hydrogen-bond donors (Lipinski definition) is 1. The van der Waals surface area contributed by atoms with Crippen LogP contribution in [0.4, 0.5) is 13.2 Å². The van der Waals surface area contributed by atoms with Crippen molar-refractivity contribution in [2.45, 2.75) is 6.36 Å². The summed E-state index contributed by atoms with van der Waals surface area (Å²) in [5.41, 5.74) is 3.02. The van der Waals surface area contributed by atoms with E-state index in [1.54, 1.807) is 24.5 Å². The van der Waals surface area contributed by atoms with Gasteiger partial charge in [0.2, 0.25) is 0 Å². The SMILES string of the molecule is O=C(NOC(F)(F)F)c1cccc(-c2ccccc2)c1.c1ccncc1. The second-order valence-electron chi connectivity index (χ2n) is 4.95. The van der Waals surface area contributed by atoms with E-state index < -0.39 is 12.3 Å². The zero-order chi connectivity index (χ0) is 18.8. The number of hydrogen-bond acceptors (Lipinski definition) is 3.